The maximum absolute atomic E-state index is 13.1. The molecule has 0 heterocycles. The summed E-state index contributed by atoms with van der Waals surface area (Å²) in [6.45, 7) is 2.00. The van der Waals surface area contributed by atoms with Crippen LogP contribution in [0.5, 0.6) is 0 Å². The van der Waals surface area contributed by atoms with Crippen LogP contribution in [-0.2, 0) is 0 Å². The fraction of sp³-hybridized carbons (Fsp3) is 0.571. The monoisotopic (exact) mass is 317 g/mol. The maximum Gasteiger partial charge on any atom is 0.248 e. The van der Waals surface area contributed by atoms with E-state index < -0.39 is 5.92 Å². The lowest BCUT2D eigenvalue weighted by atomic mass is 9.93. The molecule has 0 aromatic heterocycles. The Hall–Kier alpha value is -0.480. The van der Waals surface area contributed by atoms with Gasteiger partial charge in [-0.1, -0.05) is 22.0 Å². The van der Waals surface area contributed by atoms with Crippen molar-refractivity contribution in [3.8, 4) is 0 Å². The first kappa shape index (κ1) is 13.9. The molecule has 0 radical (unpaired) electrons. The Morgan fingerprint density at radius 3 is 2.72 bits per heavy atom. The van der Waals surface area contributed by atoms with Crippen LogP contribution in [0.2, 0.25) is 0 Å². The highest BCUT2D eigenvalue weighted by Crippen LogP contribution is 2.42. The highest BCUT2D eigenvalue weighted by molar-refractivity contribution is 9.10. The van der Waals surface area contributed by atoms with Gasteiger partial charge in [-0.3, -0.25) is 0 Å². The summed E-state index contributed by atoms with van der Waals surface area (Å²) in [5.74, 6) is -2.42. The molecule has 1 nitrogen and oxygen atoms in total. The standard InChI is InChI=1S/C14H18BrF2N/c1-9-4-11(7-12(15)5-9)13(18)6-10-2-3-14(16,17)8-10/h4-5,7,10,13H,2-3,6,8,18H2,1H3. The number of halogens is 3. The molecule has 2 unspecified atom stereocenters. The van der Waals surface area contributed by atoms with E-state index in [0.29, 0.717) is 12.8 Å². The third kappa shape index (κ3) is 3.51. The van der Waals surface area contributed by atoms with Crippen LogP contribution in [0.1, 0.15) is 42.9 Å². The molecule has 0 saturated heterocycles. The first-order chi connectivity index (χ1) is 8.35. The van der Waals surface area contributed by atoms with Crippen LogP contribution in [-0.4, -0.2) is 5.92 Å². The number of aryl methyl sites for hydroxylation is 1. The largest absolute Gasteiger partial charge is 0.324 e. The fourth-order valence-corrected chi connectivity index (χ4v) is 3.34. The van der Waals surface area contributed by atoms with Gasteiger partial charge < -0.3 is 5.73 Å². The zero-order chi connectivity index (χ0) is 13.3. The summed E-state index contributed by atoms with van der Waals surface area (Å²) in [5, 5.41) is 0. The summed E-state index contributed by atoms with van der Waals surface area (Å²) in [6.07, 6.45) is 1.24. The molecule has 4 heteroatoms. The zero-order valence-corrected chi connectivity index (χ0v) is 12.0. The first-order valence-electron chi connectivity index (χ1n) is 6.26. The summed E-state index contributed by atoms with van der Waals surface area (Å²) in [6, 6.07) is 5.87. The highest BCUT2D eigenvalue weighted by atomic mass is 79.9. The molecule has 0 aliphatic heterocycles. The number of alkyl halides is 2. The van der Waals surface area contributed by atoms with Gasteiger partial charge in [0.15, 0.2) is 0 Å². The van der Waals surface area contributed by atoms with E-state index in [1.807, 2.05) is 25.1 Å². The van der Waals surface area contributed by atoms with E-state index in [4.69, 9.17) is 5.73 Å². The number of hydrogen-bond acceptors (Lipinski definition) is 1. The molecule has 2 rings (SSSR count). The zero-order valence-electron chi connectivity index (χ0n) is 10.4. The number of rotatable bonds is 3. The Labute approximate surface area is 115 Å². The van der Waals surface area contributed by atoms with Gasteiger partial charge in [0.1, 0.15) is 0 Å². The van der Waals surface area contributed by atoms with Crippen LogP contribution >= 0.6 is 15.9 Å². The minimum absolute atomic E-state index is 0.00626. The molecule has 0 bridgehead atoms. The van der Waals surface area contributed by atoms with Gasteiger partial charge in [-0.05, 0) is 48.9 Å². The van der Waals surface area contributed by atoms with Gasteiger partial charge in [0.25, 0.3) is 0 Å². The molecule has 1 saturated carbocycles. The molecule has 0 amide bonds. The van der Waals surface area contributed by atoms with Crippen LogP contribution in [0.4, 0.5) is 8.78 Å². The topological polar surface area (TPSA) is 26.0 Å². The van der Waals surface area contributed by atoms with Gasteiger partial charge in [0, 0.05) is 23.4 Å². The van der Waals surface area contributed by atoms with Gasteiger partial charge >= 0.3 is 0 Å². The summed E-state index contributed by atoms with van der Waals surface area (Å²) in [7, 11) is 0. The molecule has 1 fully saturated rings. The van der Waals surface area contributed by atoms with Crippen LogP contribution in [0.25, 0.3) is 0 Å². The molecular weight excluding hydrogens is 300 g/mol. The average Bonchev–Trinajstić information content (AvgIpc) is 2.56. The van der Waals surface area contributed by atoms with Gasteiger partial charge in [-0.15, -0.1) is 0 Å². The van der Waals surface area contributed by atoms with Gasteiger partial charge in [-0.2, -0.15) is 0 Å². The van der Waals surface area contributed by atoms with E-state index >= 15 is 0 Å². The minimum Gasteiger partial charge on any atom is -0.324 e. The number of nitrogens with two attached hydrogens (primary N) is 1. The van der Waals surface area contributed by atoms with Crippen LogP contribution in [0.15, 0.2) is 22.7 Å². The van der Waals surface area contributed by atoms with Crippen molar-refractivity contribution in [1.29, 1.82) is 0 Å². The smallest absolute Gasteiger partial charge is 0.248 e. The second-order valence-corrected chi connectivity index (χ2v) is 6.28. The molecule has 1 aliphatic carbocycles. The SMILES string of the molecule is Cc1cc(Br)cc(C(N)CC2CCC(F)(F)C2)c1. The van der Waals surface area contributed by atoms with Gasteiger partial charge in [0.05, 0.1) is 0 Å². The van der Waals surface area contributed by atoms with Crippen molar-refractivity contribution in [3.05, 3.63) is 33.8 Å². The van der Waals surface area contributed by atoms with Crippen LogP contribution in [0.3, 0.4) is 0 Å². The summed E-state index contributed by atoms with van der Waals surface area (Å²) in [4.78, 5) is 0. The lowest BCUT2D eigenvalue weighted by molar-refractivity contribution is 0.00446. The van der Waals surface area contributed by atoms with Crippen LogP contribution in [0, 0.1) is 12.8 Å². The molecule has 2 atom stereocenters. The van der Waals surface area contributed by atoms with E-state index in [-0.39, 0.29) is 24.8 Å². The Bertz CT molecular complexity index is 414. The van der Waals surface area contributed by atoms with Gasteiger partial charge in [0.2, 0.25) is 5.92 Å². The van der Waals surface area contributed by atoms with Crippen molar-refractivity contribution in [2.45, 2.75) is 44.6 Å². The van der Waals surface area contributed by atoms with Crippen molar-refractivity contribution in [3.63, 3.8) is 0 Å². The number of benzene rings is 1. The first-order valence-corrected chi connectivity index (χ1v) is 7.05. The summed E-state index contributed by atoms with van der Waals surface area (Å²) < 4.78 is 27.2. The Morgan fingerprint density at radius 2 is 2.17 bits per heavy atom. The normalized spacial score (nSPS) is 24.2. The maximum atomic E-state index is 13.1. The minimum atomic E-state index is -2.47. The Morgan fingerprint density at radius 1 is 1.44 bits per heavy atom. The van der Waals surface area contributed by atoms with E-state index in [1.165, 1.54) is 0 Å². The molecule has 100 valence electrons. The average molecular weight is 318 g/mol. The van der Waals surface area contributed by atoms with Crippen molar-refractivity contribution in [1.82, 2.24) is 0 Å². The molecule has 2 N–H and O–H groups in total. The van der Waals surface area contributed by atoms with Crippen LogP contribution < -0.4 is 5.73 Å². The Kier molecular flexibility index (Phi) is 4.07. The van der Waals surface area contributed by atoms with E-state index in [9.17, 15) is 8.78 Å². The van der Waals surface area contributed by atoms with E-state index in [1.54, 1.807) is 0 Å². The predicted octanol–water partition coefficient (Wildman–Crippen LogP) is 4.58. The lowest BCUT2D eigenvalue weighted by Crippen LogP contribution is -2.16. The van der Waals surface area contributed by atoms with Crippen molar-refractivity contribution in [2.24, 2.45) is 11.7 Å². The summed E-state index contributed by atoms with van der Waals surface area (Å²) >= 11 is 3.44. The van der Waals surface area contributed by atoms with Crippen molar-refractivity contribution >= 4 is 15.9 Å². The molecule has 1 aromatic rings. The van der Waals surface area contributed by atoms with Crippen molar-refractivity contribution < 1.29 is 8.78 Å². The lowest BCUT2D eigenvalue weighted by Gasteiger charge is -2.18. The van der Waals surface area contributed by atoms with E-state index in [0.717, 1.165) is 15.6 Å². The van der Waals surface area contributed by atoms with E-state index in [2.05, 4.69) is 15.9 Å². The third-order valence-corrected chi connectivity index (χ3v) is 4.04. The highest BCUT2D eigenvalue weighted by Gasteiger charge is 2.39. The number of hydrogen-bond donors (Lipinski definition) is 1. The van der Waals surface area contributed by atoms with Crippen molar-refractivity contribution in [2.75, 3.05) is 0 Å². The molecule has 1 aromatic carbocycles. The molecule has 18 heavy (non-hydrogen) atoms. The fourth-order valence-electron chi connectivity index (χ4n) is 2.72. The van der Waals surface area contributed by atoms with Gasteiger partial charge in [-0.25, -0.2) is 8.78 Å². The quantitative estimate of drug-likeness (QED) is 0.867. The molecule has 1 aliphatic rings. The third-order valence-electron chi connectivity index (χ3n) is 3.59. The second-order valence-electron chi connectivity index (χ2n) is 5.37. The summed E-state index contributed by atoms with van der Waals surface area (Å²) in [5.41, 5.74) is 8.29. The molecule has 0 spiro atoms. The second kappa shape index (κ2) is 5.25. The Balaban J connectivity index is 2.01. The molecular formula is C14H18BrF2N. The predicted molar refractivity (Wildman–Crippen MR) is 72.7 cm³/mol.